The molecule has 6 fully saturated rings. The average Bonchev–Trinajstić information content (AvgIpc) is 3.03. The minimum absolute atomic E-state index is 0.480. The standard InChI is InChI=1S/C42H60N2O2Si2/c1-41(2)29-11-9-27(35(41)21-29)25-47(5,6)39-23-38(46-34-19-15-32(44)16-20-34)40(24-37(39)45-33-17-13-31(43)14-18-33)48(7,8)26-28-10-12-30-22-36(28)42(30,3)4/h13-20,23-24,27-30,35-36H,9-12,21-22,25-26,43-44H2,1-8H3. The third-order valence-electron chi connectivity index (χ3n) is 14.3. The number of benzene rings is 3. The molecule has 3 aromatic rings. The van der Waals surface area contributed by atoms with Crippen molar-refractivity contribution in [3.63, 3.8) is 0 Å². The van der Waals surface area contributed by atoms with Crippen molar-refractivity contribution >= 4 is 37.9 Å². The molecule has 0 saturated heterocycles. The van der Waals surface area contributed by atoms with E-state index in [-0.39, 0.29) is 0 Å². The van der Waals surface area contributed by atoms with Gasteiger partial charge in [0, 0.05) is 11.4 Å². The molecular weight excluding hydrogens is 621 g/mol. The van der Waals surface area contributed by atoms with E-state index in [1.54, 1.807) is 0 Å². The van der Waals surface area contributed by atoms with Crippen molar-refractivity contribution in [3.05, 3.63) is 60.7 Å². The lowest BCUT2D eigenvalue weighted by atomic mass is 9.46. The molecule has 0 heterocycles. The lowest BCUT2D eigenvalue weighted by Gasteiger charge is -2.61. The minimum atomic E-state index is -2.00. The Labute approximate surface area is 292 Å². The summed E-state index contributed by atoms with van der Waals surface area (Å²) in [6.45, 7) is 20.4. The maximum absolute atomic E-state index is 6.96. The van der Waals surface area contributed by atoms with Crippen LogP contribution in [-0.2, 0) is 0 Å². The summed E-state index contributed by atoms with van der Waals surface area (Å²) in [6, 6.07) is 23.3. The fourth-order valence-electron chi connectivity index (χ4n) is 11.1. The molecule has 0 aromatic heterocycles. The lowest BCUT2D eigenvalue weighted by Crippen LogP contribution is -2.56. The molecule has 0 radical (unpaired) electrons. The van der Waals surface area contributed by atoms with Crippen molar-refractivity contribution < 1.29 is 9.47 Å². The Morgan fingerprint density at radius 2 is 0.938 bits per heavy atom. The maximum atomic E-state index is 6.96. The molecule has 48 heavy (non-hydrogen) atoms. The van der Waals surface area contributed by atoms with Crippen molar-refractivity contribution in [3.8, 4) is 23.0 Å². The summed E-state index contributed by atoms with van der Waals surface area (Å²) < 4.78 is 13.9. The molecule has 6 unspecified atom stereocenters. The van der Waals surface area contributed by atoms with Gasteiger partial charge in [-0.05, 0) is 143 Å². The molecule has 258 valence electrons. The van der Waals surface area contributed by atoms with Gasteiger partial charge in [-0.2, -0.15) is 0 Å². The summed E-state index contributed by atoms with van der Waals surface area (Å²) in [5, 5.41) is 2.75. The zero-order valence-corrected chi connectivity index (χ0v) is 32.9. The van der Waals surface area contributed by atoms with Gasteiger partial charge in [0.1, 0.15) is 23.0 Å². The third-order valence-corrected chi connectivity index (χ3v) is 21.1. The Bertz CT molecular complexity index is 1520. The van der Waals surface area contributed by atoms with Crippen LogP contribution in [0.5, 0.6) is 23.0 Å². The van der Waals surface area contributed by atoms with E-state index in [0.29, 0.717) is 10.8 Å². The van der Waals surface area contributed by atoms with Gasteiger partial charge in [-0.25, -0.2) is 0 Å². The van der Waals surface area contributed by atoms with Crippen molar-refractivity contribution in [2.75, 3.05) is 11.5 Å². The molecule has 0 amide bonds. The predicted molar refractivity (Wildman–Crippen MR) is 208 cm³/mol. The van der Waals surface area contributed by atoms with E-state index in [0.717, 1.165) is 69.9 Å². The summed E-state index contributed by atoms with van der Waals surface area (Å²) in [5.74, 6) is 8.84. The number of hydrogen-bond acceptors (Lipinski definition) is 4. The fraction of sp³-hybridized carbons (Fsp3) is 0.571. The number of fused-ring (bicyclic) bond motifs is 4. The summed E-state index contributed by atoms with van der Waals surface area (Å²) >= 11 is 0. The van der Waals surface area contributed by atoms with E-state index in [4.69, 9.17) is 20.9 Å². The first-order valence-electron chi connectivity index (χ1n) is 18.8. The third kappa shape index (κ3) is 6.03. The predicted octanol–water partition coefficient (Wildman–Crippen LogP) is 10.4. The second kappa shape index (κ2) is 12.0. The molecule has 0 spiro atoms. The lowest BCUT2D eigenvalue weighted by molar-refractivity contribution is -0.0990. The molecule has 9 rings (SSSR count). The largest absolute Gasteiger partial charge is 0.458 e. The van der Waals surface area contributed by atoms with Gasteiger partial charge in [-0.15, -0.1) is 0 Å². The fourth-order valence-corrected chi connectivity index (χ4v) is 17.7. The van der Waals surface area contributed by atoms with Gasteiger partial charge in [-0.3, -0.25) is 0 Å². The molecule has 6 atom stereocenters. The highest BCUT2D eigenvalue weighted by Crippen LogP contribution is 2.63. The van der Waals surface area contributed by atoms with Crippen molar-refractivity contribution in [2.24, 2.45) is 46.3 Å². The Morgan fingerprint density at radius 1 is 0.583 bits per heavy atom. The number of rotatable bonds is 10. The second-order valence-corrected chi connectivity index (χ2v) is 28.2. The Balaban J connectivity index is 1.31. The van der Waals surface area contributed by atoms with Crippen LogP contribution in [0.2, 0.25) is 38.3 Å². The van der Waals surface area contributed by atoms with Crippen LogP contribution in [0.1, 0.15) is 66.2 Å². The highest BCUT2D eigenvalue weighted by molar-refractivity contribution is 6.92. The van der Waals surface area contributed by atoms with Gasteiger partial charge in [0.25, 0.3) is 0 Å². The molecule has 6 heteroatoms. The van der Waals surface area contributed by atoms with Crippen LogP contribution in [-0.4, -0.2) is 16.1 Å². The molecule has 6 aliphatic carbocycles. The second-order valence-electron chi connectivity index (χ2n) is 18.8. The number of nitrogen functional groups attached to an aromatic ring is 2. The van der Waals surface area contributed by atoms with E-state index in [9.17, 15) is 0 Å². The van der Waals surface area contributed by atoms with Gasteiger partial charge in [0.15, 0.2) is 0 Å². The first kappa shape index (κ1) is 33.8. The van der Waals surface area contributed by atoms with Crippen molar-refractivity contribution in [2.45, 2.75) is 104 Å². The Morgan fingerprint density at radius 3 is 1.25 bits per heavy atom. The zero-order valence-electron chi connectivity index (χ0n) is 30.9. The first-order chi connectivity index (χ1) is 22.5. The van der Waals surface area contributed by atoms with Crippen LogP contribution in [0.4, 0.5) is 11.4 Å². The Hall–Kier alpha value is -2.71. The van der Waals surface area contributed by atoms with Crippen molar-refractivity contribution in [1.82, 2.24) is 0 Å². The minimum Gasteiger partial charge on any atom is -0.458 e. The van der Waals surface area contributed by atoms with Gasteiger partial charge < -0.3 is 20.9 Å². The van der Waals surface area contributed by atoms with Gasteiger partial charge >= 0.3 is 0 Å². The highest BCUT2D eigenvalue weighted by Gasteiger charge is 2.56. The van der Waals surface area contributed by atoms with E-state index in [1.807, 2.05) is 48.5 Å². The SMILES string of the molecule is CC1(C)C2CCC(C[Si](C)(C)c3cc(Oc4ccc(N)cc4)c([Si](C)(C)CC4CCC5CC4C5(C)C)cc3Oc3ccc(N)cc3)C1C2. The van der Waals surface area contributed by atoms with Crippen LogP contribution in [0, 0.1) is 46.3 Å². The molecule has 4 N–H and O–H groups in total. The Kier molecular flexibility index (Phi) is 8.42. The van der Waals surface area contributed by atoms with E-state index in [1.165, 1.54) is 61.0 Å². The van der Waals surface area contributed by atoms with E-state index >= 15 is 0 Å². The number of ether oxygens (including phenoxy) is 2. The molecule has 4 nitrogen and oxygen atoms in total. The molecule has 6 saturated carbocycles. The summed E-state index contributed by atoms with van der Waals surface area (Å²) in [5.41, 5.74) is 14.7. The molecule has 0 aliphatic heterocycles. The molecule has 6 aliphatic rings. The normalized spacial score (nSPS) is 28.6. The van der Waals surface area contributed by atoms with Crippen LogP contribution < -0.4 is 31.3 Å². The average molecular weight is 681 g/mol. The van der Waals surface area contributed by atoms with Gasteiger partial charge in [-0.1, -0.05) is 78.8 Å². The van der Waals surface area contributed by atoms with Crippen molar-refractivity contribution in [1.29, 1.82) is 0 Å². The van der Waals surface area contributed by atoms with Gasteiger partial charge in [0.2, 0.25) is 0 Å². The topological polar surface area (TPSA) is 70.5 Å². The monoisotopic (exact) mass is 680 g/mol. The van der Waals surface area contributed by atoms with Crippen LogP contribution in [0.15, 0.2) is 60.7 Å². The zero-order chi connectivity index (χ0) is 34.2. The number of anilines is 2. The van der Waals surface area contributed by atoms with E-state index in [2.05, 4.69) is 66.0 Å². The maximum Gasteiger partial charge on any atom is 0.127 e. The summed E-state index contributed by atoms with van der Waals surface area (Å²) in [4.78, 5) is 0. The van der Waals surface area contributed by atoms with Crippen LogP contribution in [0.25, 0.3) is 0 Å². The van der Waals surface area contributed by atoms with E-state index < -0.39 is 16.1 Å². The van der Waals surface area contributed by atoms with Crippen LogP contribution >= 0.6 is 0 Å². The quantitative estimate of drug-likeness (QED) is 0.165. The summed E-state index contributed by atoms with van der Waals surface area (Å²) in [7, 11) is -3.99. The highest BCUT2D eigenvalue weighted by atomic mass is 28.3. The molecular formula is C42H60N2O2Si2. The number of hydrogen-bond donors (Lipinski definition) is 2. The molecule has 4 bridgehead atoms. The number of nitrogens with two attached hydrogens (primary N) is 2. The smallest absolute Gasteiger partial charge is 0.127 e. The summed E-state index contributed by atoms with van der Waals surface area (Å²) in [6.07, 6.45) is 8.35. The molecule has 3 aromatic carbocycles. The first-order valence-corrected chi connectivity index (χ1v) is 25.2. The van der Waals surface area contributed by atoms with Gasteiger partial charge in [0.05, 0.1) is 16.1 Å². The van der Waals surface area contributed by atoms with Crippen LogP contribution in [0.3, 0.4) is 0 Å².